The SMILES string of the molecule is CN(C(=O)C(O)(c1ccccc1)c1ccccc1)C1COCc2[nH]c(=O)c3cc(F)c(F)cc3c21. The van der Waals surface area contributed by atoms with Gasteiger partial charge >= 0.3 is 0 Å². The van der Waals surface area contributed by atoms with E-state index in [4.69, 9.17) is 4.74 Å². The van der Waals surface area contributed by atoms with E-state index in [2.05, 4.69) is 4.98 Å². The minimum Gasteiger partial charge on any atom is -0.373 e. The van der Waals surface area contributed by atoms with Crippen molar-refractivity contribution in [2.24, 2.45) is 0 Å². The molecule has 0 saturated heterocycles. The quantitative estimate of drug-likeness (QED) is 0.470. The molecule has 8 heteroatoms. The van der Waals surface area contributed by atoms with Crippen LogP contribution in [0.4, 0.5) is 8.78 Å². The van der Waals surface area contributed by atoms with Crippen LogP contribution in [0.3, 0.4) is 0 Å². The number of nitrogens with zero attached hydrogens (tertiary/aromatic N) is 1. The molecular weight excluding hydrogens is 454 g/mol. The Morgan fingerprint density at radius 3 is 2.11 bits per heavy atom. The van der Waals surface area contributed by atoms with Gasteiger partial charge < -0.3 is 19.7 Å². The third-order valence-electron chi connectivity index (χ3n) is 6.52. The zero-order valence-corrected chi connectivity index (χ0v) is 18.8. The Morgan fingerprint density at radius 1 is 1.00 bits per heavy atom. The minimum atomic E-state index is -2.02. The number of fused-ring (bicyclic) bond motifs is 3. The number of benzene rings is 3. The summed E-state index contributed by atoms with van der Waals surface area (Å²) >= 11 is 0. The van der Waals surface area contributed by atoms with Crippen molar-refractivity contribution in [3.05, 3.63) is 117 Å². The minimum absolute atomic E-state index is 0.0308. The third kappa shape index (κ3) is 3.71. The molecule has 178 valence electrons. The first kappa shape index (κ1) is 22.9. The second-order valence-electron chi connectivity index (χ2n) is 8.55. The number of nitrogens with one attached hydrogen (secondary N) is 1. The Kier molecular flexibility index (Phi) is 5.70. The van der Waals surface area contributed by atoms with E-state index >= 15 is 0 Å². The summed E-state index contributed by atoms with van der Waals surface area (Å²) in [4.78, 5) is 30.6. The summed E-state index contributed by atoms with van der Waals surface area (Å²) in [6, 6.07) is 18.2. The molecule has 0 radical (unpaired) electrons. The smallest absolute Gasteiger partial charge is 0.264 e. The van der Waals surface area contributed by atoms with Gasteiger partial charge in [-0.3, -0.25) is 9.59 Å². The van der Waals surface area contributed by atoms with Crippen LogP contribution in [0.15, 0.2) is 77.6 Å². The van der Waals surface area contributed by atoms with Gasteiger partial charge in [-0.05, 0) is 28.6 Å². The molecule has 1 atom stereocenters. The molecule has 35 heavy (non-hydrogen) atoms. The average Bonchev–Trinajstić information content (AvgIpc) is 2.89. The second kappa shape index (κ2) is 8.72. The number of hydrogen-bond acceptors (Lipinski definition) is 4. The van der Waals surface area contributed by atoms with E-state index in [0.29, 0.717) is 22.4 Å². The summed E-state index contributed by atoms with van der Waals surface area (Å²) in [5, 5.41) is 12.1. The number of hydrogen-bond donors (Lipinski definition) is 2. The van der Waals surface area contributed by atoms with Crippen molar-refractivity contribution in [1.82, 2.24) is 9.88 Å². The highest BCUT2D eigenvalue weighted by molar-refractivity contribution is 5.92. The van der Waals surface area contributed by atoms with Gasteiger partial charge in [0.05, 0.1) is 24.6 Å². The first-order valence-electron chi connectivity index (χ1n) is 11.0. The average molecular weight is 476 g/mol. The van der Waals surface area contributed by atoms with Gasteiger partial charge in [0.1, 0.15) is 0 Å². The number of ether oxygens (including phenoxy) is 1. The molecule has 0 aliphatic carbocycles. The second-order valence-corrected chi connectivity index (χ2v) is 8.55. The van der Waals surface area contributed by atoms with Gasteiger partial charge in [0.25, 0.3) is 11.5 Å². The van der Waals surface area contributed by atoms with E-state index in [1.807, 2.05) is 0 Å². The monoisotopic (exact) mass is 476 g/mol. The summed E-state index contributed by atoms with van der Waals surface area (Å²) in [6.45, 7) is 0.0781. The van der Waals surface area contributed by atoms with Gasteiger partial charge in [0.2, 0.25) is 0 Å². The summed E-state index contributed by atoms with van der Waals surface area (Å²) in [5.74, 6) is -2.88. The van der Waals surface area contributed by atoms with Crippen LogP contribution in [-0.2, 0) is 21.7 Å². The van der Waals surface area contributed by atoms with Crippen molar-refractivity contribution in [2.75, 3.05) is 13.7 Å². The lowest BCUT2D eigenvalue weighted by Gasteiger charge is -2.38. The lowest BCUT2D eigenvalue weighted by atomic mass is 9.84. The van der Waals surface area contributed by atoms with E-state index in [0.717, 1.165) is 12.1 Å². The molecule has 1 aromatic heterocycles. The van der Waals surface area contributed by atoms with Crippen molar-refractivity contribution in [3.8, 4) is 0 Å². The number of rotatable bonds is 4. The standard InChI is InChI=1S/C27H22F2N2O4/c1-31(26(33)27(34,16-8-4-2-5-9-16)17-10-6-3-7-11-17)23-15-35-14-22-24(23)18-12-20(28)21(29)13-19(18)25(32)30-22/h2-13,23,34H,14-15H2,1H3,(H,30,32). The fourth-order valence-corrected chi connectivity index (χ4v) is 4.72. The Hall–Kier alpha value is -3.88. The number of H-pyrrole nitrogens is 1. The highest BCUT2D eigenvalue weighted by atomic mass is 19.2. The van der Waals surface area contributed by atoms with Crippen molar-refractivity contribution in [1.29, 1.82) is 0 Å². The molecule has 2 heterocycles. The van der Waals surface area contributed by atoms with Crippen LogP contribution < -0.4 is 5.56 Å². The highest BCUT2D eigenvalue weighted by Gasteiger charge is 2.44. The lowest BCUT2D eigenvalue weighted by Crippen LogP contribution is -2.49. The normalized spacial score (nSPS) is 15.6. The molecule has 0 fully saturated rings. The maximum Gasteiger partial charge on any atom is 0.264 e. The summed E-state index contributed by atoms with van der Waals surface area (Å²) in [7, 11) is 1.51. The Balaban J connectivity index is 1.67. The van der Waals surface area contributed by atoms with Gasteiger partial charge in [0.15, 0.2) is 17.2 Å². The van der Waals surface area contributed by atoms with E-state index < -0.39 is 34.7 Å². The molecule has 0 saturated carbocycles. The molecule has 1 aliphatic rings. The zero-order chi connectivity index (χ0) is 24.7. The Labute approximate surface area is 199 Å². The van der Waals surface area contributed by atoms with E-state index in [1.165, 1.54) is 11.9 Å². The van der Waals surface area contributed by atoms with Crippen molar-refractivity contribution < 1.29 is 23.4 Å². The Morgan fingerprint density at radius 2 is 1.54 bits per heavy atom. The van der Waals surface area contributed by atoms with Crippen molar-refractivity contribution >= 4 is 16.7 Å². The topological polar surface area (TPSA) is 82.6 Å². The van der Waals surface area contributed by atoms with Crippen LogP contribution in [0.25, 0.3) is 10.8 Å². The van der Waals surface area contributed by atoms with E-state index in [9.17, 15) is 23.5 Å². The number of pyridine rings is 1. The van der Waals surface area contributed by atoms with Crippen LogP contribution >= 0.6 is 0 Å². The number of aliphatic hydroxyl groups is 1. The first-order valence-corrected chi connectivity index (χ1v) is 11.0. The molecule has 1 amide bonds. The number of likely N-dealkylation sites (N-methyl/N-ethyl adjacent to an activating group) is 1. The molecule has 6 nitrogen and oxygen atoms in total. The van der Waals surface area contributed by atoms with Crippen LogP contribution in [0.2, 0.25) is 0 Å². The fraction of sp³-hybridized carbons (Fsp3) is 0.185. The summed E-state index contributed by atoms with van der Waals surface area (Å²) in [5.41, 5.74) is -1.04. The number of halogens is 2. The van der Waals surface area contributed by atoms with Crippen LogP contribution in [0, 0.1) is 11.6 Å². The molecular formula is C27H22F2N2O4. The van der Waals surface area contributed by atoms with Crippen LogP contribution in [0.1, 0.15) is 28.4 Å². The largest absolute Gasteiger partial charge is 0.373 e. The van der Waals surface area contributed by atoms with Gasteiger partial charge in [-0.25, -0.2) is 8.78 Å². The zero-order valence-electron chi connectivity index (χ0n) is 18.8. The van der Waals surface area contributed by atoms with Crippen molar-refractivity contribution in [2.45, 2.75) is 18.2 Å². The molecule has 1 unspecified atom stereocenters. The molecule has 0 spiro atoms. The fourth-order valence-electron chi connectivity index (χ4n) is 4.72. The van der Waals surface area contributed by atoms with Gasteiger partial charge in [-0.15, -0.1) is 0 Å². The van der Waals surface area contributed by atoms with Gasteiger partial charge in [-0.2, -0.15) is 0 Å². The highest BCUT2D eigenvalue weighted by Crippen LogP contribution is 2.38. The van der Waals surface area contributed by atoms with Crippen LogP contribution in [0.5, 0.6) is 0 Å². The van der Waals surface area contributed by atoms with Gasteiger partial charge in [-0.1, -0.05) is 60.7 Å². The maximum atomic E-state index is 14.2. The summed E-state index contributed by atoms with van der Waals surface area (Å²) in [6.07, 6.45) is 0. The molecule has 1 aliphatic heterocycles. The molecule has 2 N–H and O–H groups in total. The number of aromatic amines is 1. The number of aromatic nitrogens is 1. The summed E-state index contributed by atoms with van der Waals surface area (Å²) < 4.78 is 33.8. The van der Waals surface area contributed by atoms with Crippen LogP contribution in [-0.4, -0.2) is 34.6 Å². The predicted molar refractivity (Wildman–Crippen MR) is 126 cm³/mol. The maximum absolute atomic E-state index is 14.2. The molecule has 0 bridgehead atoms. The first-order chi connectivity index (χ1) is 16.8. The number of amides is 1. The van der Waals surface area contributed by atoms with E-state index in [-0.39, 0.29) is 24.0 Å². The number of carbonyl (C=O) groups is 1. The van der Waals surface area contributed by atoms with Gasteiger partial charge in [0, 0.05) is 18.3 Å². The molecule has 5 rings (SSSR count). The number of carbonyl (C=O) groups excluding carboxylic acids is 1. The predicted octanol–water partition coefficient (Wildman–Crippen LogP) is 3.77. The molecule has 3 aromatic carbocycles. The lowest BCUT2D eigenvalue weighted by molar-refractivity contribution is -0.151. The Bertz CT molecular complexity index is 1430. The molecule has 4 aromatic rings. The van der Waals surface area contributed by atoms with E-state index in [1.54, 1.807) is 60.7 Å². The third-order valence-corrected chi connectivity index (χ3v) is 6.52. The van der Waals surface area contributed by atoms with Crippen molar-refractivity contribution in [3.63, 3.8) is 0 Å².